The molecule has 0 saturated heterocycles. The minimum absolute atomic E-state index is 0.365. The SMILES string of the molecule is COC(=O)c1ccc2c(c1)NC(=NCc1ccc(C)c(OC)c1C)N(Cc1ccc(OC)cc1)C2. The van der Waals surface area contributed by atoms with Gasteiger partial charge in [-0.15, -0.1) is 0 Å². The number of carbonyl (C=O) groups excluding carboxylic acids is 1. The second-order valence-corrected chi connectivity index (χ2v) is 8.53. The van der Waals surface area contributed by atoms with Crippen molar-refractivity contribution in [1.82, 2.24) is 4.90 Å². The van der Waals surface area contributed by atoms with Crippen LogP contribution in [-0.2, 0) is 24.4 Å². The van der Waals surface area contributed by atoms with E-state index < -0.39 is 0 Å². The number of aryl methyl sites for hydroxylation is 1. The number of guanidine groups is 1. The number of esters is 1. The molecule has 35 heavy (non-hydrogen) atoms. The molecule has 0 aliphatic carbocycles. The van der Waals surface area contributed by atoms with Crippen LogP contribution in [0.3, 0.4) is 0 Å². The van der Waals surface area contributed by atoms with E-state index in [9.17, 15) is 4.79 Å². The van der Waals surface area contributed by atoms with E-state index in [1.54, 1.807) is 20.3 Å². The van der Waals surface area contributed by atoms with E-state index >= 15 is 0 Å². The zero-order valence-electron chi connectivity index (χ0n) is 20.8. The quantitative estimate of drug-likeness (QED) is 0.482. The van der Waals surface area contributed by atoms with Crippen molar-refractivity contribution in [3.8, 4) is 11.5 Å². The number of anilines is 1. The van der Waals surface area contributed by atoms with Gasteiger partial charge in [0, 0.05) is 18.8 Å². The number of nitrogens with one attached hydrogen (secondary N) is 1. The van der Waals surface area contributed by atoms with Gasteiger partial charge in [-0.1, -0.05) is 30.3 Å². The second-order valence-electron chi connectivity index (χ2n) is 8.53. The van der Waals surface area contributed by atoms with Crippen LogP contribution in [0.4, 0.5) is 5.69 Å². The van der Waals surface area contributed by atoms with E-state index in [0.29, 0.717) is 25.2 Å². The first kappa shape index (κ1) is 24.1. The molecule has 0 aromatic heterocycles. The van der Waals surface area contributed by atoms with Gasteiger partial charge in [-0.3, -0.25) is 0 Å². The molecular weight excluding hydrogens is 442 g/mol. The summed E-state index contributed by atoms with van der Waals surface area (Å²) in [6.45, 7) is 5.92. The Balaban J connectivity index is 1.66. The number of hydrogen-bond acceptors (Lipinski definition) is 5. The van der Waals surface area contributed by atoms with Gasteiger partial charge >= 0.3 is 5.97 Å². The summed E-state index contributed by atoms with van der Waals surface area (Å²) in [5.74, 6) is 2.09. The van der Waals surface area contributed by atoms with Gasteiger partial charge < -0.3 is 24.4 Å². The van der Waals surface area contributed by atoms with Crippen LogP contribution in [0.15, 0.2) is 59.6 Å². The molecule has 4 rings (SSSR count). The van der Waals surface area contributed by atoms with Crippen LogP contribution >= 0.6 is 0 Å². The van der Waals surface area contributed by atoms with Crippen molar-refractivity contribution in [2.45, 2.75) is 33.5 Å². The Kier molecular flexibility index (Phi) is 7.25. The van der Waals surface area contributed by atoms with Crippen LogP contribution in [0.2, 0.25) is 0 Å². The van der Waals surface area contributed by atoms with Crippen LogP contribution in [0.5, 0.6) is 11.5 Å². The molecule has 0 atom stereocenters. The van der Waals surface area contributed by atoms with Crippen molar-refractivity contribution in [3.63, 3.8) is 0 Å². The van der Waals surface area contributed by atoms with Gasteiger partial charge in [-0.2, -0.15) is 0 Å². The largest absolute Gasteiger partial charge is 0.497 e. The third kappa shape index (κ3) is 5.24. The van der Waals surface area contributed by atoms with E-state index in [0.717, 1.165) is 51.0 Å². The molecule has 1 N–H and O–H groups in total. The molecule has 0 bridgehead atoms. The summed E-state index contributed by atoms with van der Waals surface area (Å²) in [4.78, 5) is 19.2. The monoisotopic (exact) mass is 473 g/mol. The third-order valence-corrected chi connectivity index (χ3v) is 6.29. The third-order valence-electron chi connectivity index (χ3n) is 6.29. The van der Waals surface area contributed by atoms with Crippen molar-refractivity contribution in [3.05, 3.63) is 88.0 Å². The summed E-state index contributed by atoms with van der Waals surface area (Å²) in [5, 5.41) is 3.45. The highest BCUT2D eigenvalue weighted by Gasteiger charge is 2.23. The number of aliphatic imine (C=N–C) groups is 1. The summed E-state index contributed by atoms with van der Waals surface area (Å²) < 4.78 is 15.8. The Labute approximate surface area is 206 Å². The van der Waals surface area contributed by atoms with Gasteiger partial charge in [0.25, 0.3) is 0 Å². The van der Waals surface area contributed by atoms with Crippen LogP contribution in [0, 0.1) is 13.8 Å². The molecule has 0 fully saturated rings. The molecule has 0 amide bonds. The number of benzene rings is 3. The number of fused-ring (bicyclic) bond motifs is 1. The highest BCUT2D eigenvalue weighted by molar-refractivity contribution is 5.98. The molecule has 182 valence electrons. The highest BCUT2D eigenvalue weighted by Crippen LogP contribution is 2.29. The summed E-state index contributed by atoms with van der Waals surface area (Å²) in [6, 6.07) is 17.8. The molecule has 0 saturated carbocycles. The average Bonchev–Trinajstić information content (AvgIpc) is 2.88. The molecule has 0 spiro atoms. The fourth-order valence-corrected chi connectivity index (χ4v) is 4.29. The van der Waals surface area contributed by atoms with Gasteiger partial charge in [0.15, 0.2) is 5.96 Å². The minimum atomic E-state index is -0.365. The molecule has 0 radical (unpaired) electrons. The molecule has 1 heterocycles. The normalized spacial score (nSPS) is 13.7. The number of nitrogens with zero attached hydrogens (tertiary/aromatic N) is 2. The summed E-state index contributed by atoms with van der Waals surface area (Å²) >= 11 is 0. The highest BCUT2D eigenvalue weighted by atomic mass is 16.5. The molecule has 0 unspecified atom stereocenters. The van der Waals surface area contributed by atoms with Crippen LogP contribution in [0.1, 0.15) is 38.2 Å². The molecule has 7 heteroatoms. The molecule has 3 aromatic rings. The Morgan fingerprint density at radius 1 is 1.00 bits per heavy atom. The maximum Gasteiger partial charge on any atom is 0.337 e. The maximum atomic E-state index is 12.1. The predicted octanol–water partition coefficient (Wildman–Crippen LogP) is 5.09. The molecule has 1 aliphatic heterocycles. The Morgan fingerprint density at radius 3 is 2.46 bits per heavy atom. The van der Waals surface area contributed by atoms with Crippen molar-refractivity contribution in [2.75, 3.05) is 26.6 Å². The molecule has 3 aromatic carbocycles. The average molecular weight is 474 g/mol. The van der Waals surface area contributed by atoms with E-state index in [-0.39, 0.29) is 5.97 Å². The first-order valence-electron chi connectivity index (χ1n) is 11.5. The predicted molar refractivity (Wildman–Crippen MR) is 137 cm³/mol. The van der Waals surface area contributed by atoms with Gasteiger partial charge in [-0.05, 0) is 65.9 Å². The van der Waals surface area contributed by atoms with Gasteiger partial charge in [0.1, 0.15) is 11.5 Å². The first-order chi connectivity index (χ1) is 16.9. The Morgan fingerprint density at radius 2 is 1.77 bits per heavy atom. The summed E-state index contributed by atoms with van der Waals surface area (Å²) in [7, 11) is 4.74. The van der Waals surface area contributed by atoms with E-state index in [1.807, 2.05) is 31.2 Å². The standard InChI is InChI=1S/C28H31N3O4/c1-18-6-9-22(19(2)26(18)34-4)15-29-28-30-25-14-21(27(32)35-5)10-11-23(25)17-31(28)16-20-7-12-24(33-3)13-8-20/h6-14H,15-17H2,1-5H3,(H,29,30). The zero-order chi connectivity index (χ0) is 24.9. The smallest absolute Gasteiger partial charge is 0.337 e. The van der Waals surface area contributed by atoms with Crippen LogP contribution < -0.4 is 14.8 Å². The Bertz CT molecular complexity index is 1250. The lowest BCUT2D eigenvalue weighted by Crippen LogP contribution is -2.39. The number of ether oxygens (including phenoxy) is 3. The van der Waals surface area contributed by atoms with Crippen LogP contribution in [-0.4, -0.2) is 38.2 Å². The minimum Gasteiger partial charge on any atom is -0.497 e. The lowest BCUT2D eigenvalue weighted by Gasteiger charge is -2.33. The van der Waals surface area contributed by atoms with Crippen molar-refractivity contribution in [1.29, 1.82) is 0 Å². The summed E-state index contributed by atoms with van der Waals surface area (Å²) in [6.07, 6.45) is 0. The van der Waals surface area contributed by atoms with E-state index in [1.165, 1.54) is 7.11 Å². The fraction of sp³-hybridized carbons (Fsp3) is 0.286. The maximum absolute atomic E-state index is 12.1. The number of rotatable bonds is 7. The summed E-state index contributed by atoms with van der Waals surface area (Å²) in [5.41, 5.74) is 6.86. The fourth-order valence-electron chi connectivity index (χ4n) is 4.29. The van der Waals surface area contributed by atoms with Gasteiger partial charge in [0.2, 0.25) is 0 Å². The van der Waals surface area contributed by atoms with E-state index in [2.05, 4.69) is 41.4 Å². The van der Waals surface area contributed by atoms with E-state index in [4.69, 9.17) is 19.2 Å². The Hall–Kier alpha value is -4.00. The molecular formula is C28H31N3O4. The topological polar surface area (TPSA) is 72.4 Å². The molecule has 1 aliphatic rings. The number of methoxy groups -OCH3 is 3. The van der Waals surface area contributed by atoms with Crippen molar-refractivity contribution < 1.29 is 19.0 Å². The number of carbonyl (C=O) groups is 1. The second kappa shape index (κ2) is 10.5. The molecule has 7 nitrogen and oxygen atoms in total. The lowest BCUT2D eigenvalue weighted by atomic mass is 10.0. The lowest BCUT2D eigenvalue weighted by molar-refractivity contribution is 0.0600. The zero-order valence-corrected chi connectivity index (χ0v) is 20.8. The van der Waals surface area contributed by atoms with Crippen molar-refractivity contribution in [2.24, 2.45) is 4.99 Å². The van der Waals surface area contributed by atoms with Gasteiger partial charge in [0.05, 0.1) is 33.4 Å². The number of hydrogen-bond donors (Lipinski definition) is 1. The first-order valence-corrected chi connectivity index (χ1v) is 11.5. The van der Waals surface area contributed by atoms with Crippen LogP contribution in [0.25, 0.3) is 0 Å². The van der Waals surface area contributed by atoms with Gasteiger partial charge in [-0.25, -0.2) is 9.79 Å². The van der Waals surface area contributed by atoms with Crippen molar-refractivity contribution >= 4 is 17.6 Å².